The first-order valence-electron chi connectivity index (χ1n) is 5.92. The first-order chi connectivity index (χ1) is 8.67. The van der Waals surface area contributed by atoms with Crippen molar-refractivity contribution < 1.29 is 4.39 Å². The summed E-state index contributed by atoms with van der Waals surface area (Å²) in [7, 11) is 0. The Hall–Kier alpha value is -1.42. The van der Waals surface area contributed by atoms with Gasteiger partial charge < -0.3 is 4.57 Å². The van der Waals surface area contributed by atoms with Gasteiger partial charge in [-0.15, -0.1) is 21.8 Å². The van der Waals surface area contributed by atoms with Gasteiger partial charge in [-0.3, -0.25) is 0 Å². The number of aryl methyl sites for hydroxylation is 1. The predicted molar refractivity (Wildman–Crippen MR) is 70.0 cm³/mol. The second-order valence-corrected chi connectivity index (χ2v) is 4.48. The molecule has 0 radical (unpaired) electrons. The van der Waals surface area contributed by atoms with E-state index in [1.807, 2.05) is 24.5 Å². The summed E-state index contributed by atoms with van der Waals surface area (Å²) >= 11 is 5.82. The number of hydrogen-bond acceptors (Lipinski definition) is 2. The lowest BCUT2D eigenvalue weighted by atomic mass is 10.1. The first kappa shape index (κ1) is 13.0. The van der Waals surface area contributed by atoms with Gasteiger partial charge in [0, 0.05) is 6.54 Å². The van der Waals surface area contributed by atoms with Crippen LogP contribution in [0.15, 0.2) is 18.2 Å². The van der Waals surface area contributed by atoms with Crippen LogP contribution in [-0.2, 0) is 12.4 Å². The molecule has 0 N–H and O–H groups in total. The van der Waals surface area contributed by atoms with Crippen molar-refractivity contribution in [3.8, 4) is 11.4 Å². The van der Waals surface area contributed by atoms with Gasteiger partial charge in [0.05, 0.1) is 11.4 Å². The topological polar surface area (TPSA) is 30.7 Å². The number of hydrogen-bond donors (Lipinski definition) is 0. The van der Waals surface area contributed by atoms with Crippen LogP contribution in [0.3, 0.4) is 0 Å². The van der Waals surface area contributed by atoms with Gasteiger partial charge in [0.15, 0.2) is 5.82 Å². The highest BCUT2D eigenvalue weighted by molar-refractivity contribution is 6.16. The van der Waals surface area contributed by atoms with Gasteiger partial charge in [-0.1, -0.05) is 13.0 Å². The van der Waals surface area contributed by atoms with Gasteiger partial charge in [-0.2, -0.15) is 0 Å². The highest BCUT2D eigenvalue weighted by Gasteiger charge is 2.15. The third-order valence-corrected chi connectivity index (χ3v) is 3.00. The number of nitrogens with zero attached hydrogens (tertiary/aromatic N) is 3. The van der Waals surface area contributed by atoms with E-state index in [2.05, 4.69) is 10.2 Å². The minimum atomic E-state index is -0.277. The molecule has 1 aromatic carbocycles. The molecule has 2 aromatic rings. The Kier molecular flexibility index (Phi) is 3.97. The lowest BCUT2D eigenvalue weighted by molar-refractivity contribution is 0.620. The van der Waals surface area contributed by atoms with Crippen molar-refractivity contribution in [1.29, 1.82) is 0 Å². The Morgan fingerprint density at radius 3 is 2.72 bits per heavy atom. The lowest BCUT2D eigenvalue weighted by Crippen LogP contribution is -2.04. The highest BCUT2D eigenvalue weighted by Crippen LogP contribution is 2.23. The highest BCUT2D eigenvalue weighted by atomic mass is 35.5. The molecule has 0 spiro atoms. The SMILES string of the molecule is CCCn1c(CCl)nnc1-c1ccc(C)cc1F. The number of aromatic nitrogens is 3. The second kappa shape index (κ2) is 5.48. The van der Waals surface area contributed by atoms with Crippen LogP contribution >= 0.6 is 11.6 Å². The fraction of sp³-hybridized carbons (Fsp3) is 0.385. The zero-order chi connectivity index (χ0) is 13.1. The minimum absolute atomic E-state index is 0.277. The van der Waals surface area contributed by atoms with Crippen molar-refractivity contribution in [3.05, 3.63) is 35.4 Å². The van der Waals surface area contributed by atoms with Crippen molar-refractivity contribution in [2.75, 3.05) is 0 Å². The van der Waals surface area contributed by atoms with E-state index < -0.39 is 0 Å². The second-order valence-electron chi connectivity index (χ2n) is 4.21. The Morgan fingerprint density at radius 2 is 2.11 bits per heavy atom. The summed E-state index contributed by atoms with van der Waals surface area (Å²) in [5, 5.41) is 8.06. The molecular weight excluding hydrogens is 253 g/mol. The molecule has 0 aliphatic heterocycles. The summed E-state index contributed by atoms with van der Waals surface area (Å²) in [6.07, 6.45) is 0.919. The maximum absolute atomic E-state index is 14.0. The van der Waals surface area contributed by atoms with Crippen LogP contribution in [0.1, 0.15) is 24.7 Å². The molecule has 0 saturated heterocycles. The molecule has 0 fully saturated rings. The van der Waals surface area contributed by atoms with E-state index >= 15 is 0 Å². The number of benzene rings is 1. The normalized spacial score (nSPS) is 10.9. The zero-order valence-electron chi connectivity index (χ0n) is 10.5. The maximum atomic E-state index is 14.0. The molecule has 0 atom stereocenters. The molecule has 2 rings (SSSR count). The van der Waals surface area contributed by atoms with Gasteiger partial charge in [0.1, 0.15) is 11.6 Å². The van der Waals surface area contributed by atoms with Gasteiger partial charge in [-0.25, -0.2) is 4.39 Å². The summed E-state index contributed by atoms with van der Waals surface area (Å²) in [6.45, 7) is 4.64. The molecule has 1 heterocycles. The van der Waals surface area contributed by atoms with Gasteiger partial charge >= 0.3 is 0 Å². The quantitative estimate of drug-likeness (QED) is 0.794. The monoisotopic (exact) mass is 267 g/mol. The lowest BCUT2D eigenvalue weighted by Gasteiger charge is -2.08. The van der Waals surface area contributed by atoms with Gasteiger partial charge in [0.2, 0.25) is 0 Å². The van der Waals surface area contributed by atoms with Crippen molar-refractivity contribution in [1.82, 2.24) is 14.8 Å². The van der Waals surface area contributed by atoms with Crippen LogP contribution in [0.2, 0.25) is 0 Å². The number of rotatable bonds is 4. The smallest absolute Gasteiger partial charge is 0.166 e. The summed E-state index contributed by atoms with van der Waals surface area (Å²) in [5.74, 6) is 1.22. The summed E-state index contributed by atoms with van der Waals surface area (Å²) in [4.78, 5) is 0. The zero-order valence-corrected chi connectivity index (χ0v) is 11.2. The van der Waals surface area contributed by atoms with Gasteiger partial charge in [-0.05, 0) is 31.0 Å². The van der Waals surface area contributed by atoms with Crippen LogP contribution in [0.4, 0.5) is 4.39 Å². The molecule has 0 aliphatic carbocycles. The van der Waals surface area contributed by atoms with Crippen LogP contribution < -0.4 is 0 Å². The molecule has 1 aromatic heterocycles. The van der Waals surface area contributed by atoms with Crippen LogP contribution in [-0.4, -0.2) is 14.8 Å². The molecule has 0 amide bonds. The van der Waals surface area contributed by atoms with Crippen LogP contribution in [0, 0.1) is 12.7 Å². The fourth-order valence-electron chi connectivity index (χ4n) is 1.89. The molecule has 0 saturated carbocycles. The maximum Gasteiger partial charge on any atom is 0.166 e. The number of halogens is 2. The van der Waals surface area contributed by atoms with Crippen LogP contribution in [0.5, 0.6) is 0 Å². The molecule has 0 unspecified atom stereocenters. The van der Waals surface area contributed by atoms with Crippen LogP contribution in [0.25, 0.3) is 11.4 Å². The molecule has 96 valence electrons. The standard InChI is InChI=1S/C13H15ClFN3/c1-3-6-18-12(8-14)16-17-13(18)10-5-4-9(2)7-11(10)15/h4-5,7H,3,6,8H2,1-2H3. The largest absolute Gasteiger partial charge is 0.310 e. The van der Waals surface area contributed by atoms with E-state index in [0.717, 1.165) is 18.5 Å². The first-order valence-corrected chi connectivity index (χ1v) is 6.45. The Morgan fingerprint density at radius 1 is 1.33 bits per heavy atom. The van der Waals surface area contributed by atoms with Gasteiger partial charge in [0.25, 0.3) is 0 Å². The summed E-state index contributed by atoms with van der Waals surface area (Å²) in [6, 6.07) is 5.10. The van der Waals surface area contributed by atoms with E-state index in [4.69, 9.17) is 11.6 Å². The Balaban J connectivity index is 2.52. The molecule has 0 aliphatic rings. The third kappa shape index (κ3) is 2.38. The molecule has 18 heavy (non-hydrogen) atoms. The minimum Gasteiger partial charge on any atom is -0.310 e. The van der Waals surface area contributed by atoms with Crippen molar-refractivity contribution in [2.24, 2.45) is 0 Å². The number of alkyl halides is 1. The van der Waals surface area contributed by atoms with Crippen molar-refractivity contribution in [2.45, 2.75) is 32.7 Å². The average molecular weight is 268 g/mol. The van der Waals surface area contributed by atoms with Crippen molar-refractivity contribution in [3.63, 3.8) is 0 Å². The average Bonchev–Trinajstić information content (AvgIpc) is 2.73. The summed E-state index contributed by atoms with van der Waals surface area (Å²) < 4.78 is 15.8. The van der Waals surface area contributed by atoms with E-state index in [1.54, 1.807) is 6.07 Å². The van der Waals surface area contributed by atoms with E-state index in [9.17, 15) is 4.39 Å². The summed E-state index contributed by atoms with van der Waals surface area (Å²) in [5.41, 5.74) is 1.35. The molecular formula is C13H15ClFN3. The van der Waals surface area contributed by atoms with E-state index in [1.165, 1.54) is 6.07 Å². The Bertz CT molecular complexity index is 551. The fourth-order valence-corrected chi connectivity index (χ4v) is 2.09. The van der Waals surface area contributed by atoms with E-state index in [0.29, 0.717) is 17.2 Å². The molecule has 3 nitrogen and oxygen atoms in total. The predicted octanol–water partition coefficient (Wildman–Crippen LogP) is 3.54. The van der Waals surface area contributed by atoms with E-state index in [-0.39, 0.29) is 11.7 Å². The van der Waals surface area contributed by atoms with Crippen molar-refractivity contribution >= 4 is 11.6 Å². The molecule has 0 bridgehead atoms. The molecule has 5 heteroatoms. The third-order valence-electron chi connectivity index (χ3n) is 2.76. The Labute approximate surface area is 111 Å².